The third-order valence-electron chi connectivity index (χ3n) is 6.79. The topological polar surface area (TPSA) is 87.1 Å². The minimum atomic E-state index is -0.969. The number of fused-ring (bicyclic) bond motifs is 1. The molecule has 7 heteroatoms. The van der Waals surface area contributed by atoms with Crippen LogP contribution in [0.3, 0.4) is 0 Å². The number of halogens is 1. The maximum atomic E-state index is 14.5. The molecule has 1 fully saturated rings. The van der Waals surface area contributed by atoms with E-state index in [0.717, 1.165) is 42.9 Å². The van der Waals surface area contributed by atoms with Crippen molar-refractivity contribution in [3.8, 4) is 16.9 Å². The van der Waals surface area contributed by atoms with Crippen LogP contribution in [0.2, 0.25) is 0 Å². The molecule has 3 aromatic rings. The summed E-state index contributed by atoms with van der Waals surface area (Å²) in [4.78, 5) is 15.8. The first-order chi connectivity index (χ1) is 15.5. The van der Waals surface area contributed by atoms with E-state index >= 15 is 0 Å². The number of aliphatic imine (C=N–C) groups is 2. The molecule has 1 saturated carbocycles. The molecule has 160 valence electrons. The number of hydrogen-bond donors (Lipinski definition) is 2. The Kier molecular flexibility index (Phi) is 3.93. The summed E-state index contributed by atoms with van der Waals surface area (Å²) in [5.74, 6) is 0.859. The summed E-state index contributed by atoms with van der Waals surface area (Å²) in [5, 5.41) is 9.89. The highest BCUT2D eigenvalue weighted by molar-refractivity contribution is 6.12. The van der Waals surface area contributed by atoms with E-state index in [1.54, 1.807) is 24.3 Å². The Labute approximate surface area is 185 Å². The molecule has 0 bridgehead atoms. The highest BCUT2D eigenvalue weighted by Crippen LogP contribution is 2.52. The molecule has 3 heterocycles. The van der Waals surface area contributed by atoms with Crippen LogP contribution in [0.15, 0.2) is 76.8 Å². The monoisotopic (exact) mass is 427 g/mol. The molecule has 1 spiro atoms. The minimum Gasteiger partial charge on any atom is -0.508 e. The van der Waals surface area contributed by atoms with Gasteiger partial charge in [-0.2, -0.15) is 4.39 Å². The lowest BCUT2D eigenvalue weighted by Crippen LogP contribution is -2.49. The minimum absolute atomic E-state index is 0.171. The summed E-state index contributed by atoms with van der Waals surface area (Å²) in [7, 11) is 0. The van der Waals surface area contributed by atoms with E-state index in [0.29, 0.717) is 17.1 Å². The summed E-state index contributed by atoms with van der Waals surface area (Å²) in [6.07, 6.45) is 3.73. The van der Waals surface area contributed by atoms with Crippen molar-refractivity contribution in [3.63, 3.8) is 0 Å². The summed E-state index contributed by atoms with van der Waals surface area (Å²) in [6, 6.07) is 18.0. The predicted octanol–water partition coefficient (Wildman–Crippen LogP) is 3.66. The Morgan fingerprint density at radius 1 is 1.00 bits per heavy atom. The van der Waals surface area contributed by atoms with Crippen LogP contribution >= 0.6 is 0 Å². The number of nitrogens with zero attached hydrogens (tertiary/aromatic N) is 4. The lowest BCUT2D eigenvalue weighted by Gasteiger charge is -2.36. The van der Waals surface area contributed by atoms with Crippen molar-refractivity contribution in [2.75, 3.05) is 13.1 Å². The molecule has 3 N–H and O–H groups in total. The van der Waals surface area contributed by atoms with Gasteiger partial charge in [-0.3, -0.25) is 9.89 Å². The fourth-order valence-corrected chi connectivity index (χ4v) is 4.83. The van der Waals surface area contributed by atoms with E-state index in [-0.39, 0.29) is 11.2 Å². The fourth-order valence-electron chi connectivity index (χ4n) is 4.83. The van der Waals surface area contributed by atoms with Crippen LogP contribution in [0, 0.1) is 11.4 Å². The molecule has 2 aliphatic heterocycles. The highest BCUT2D eigenvalue weighted by Gasteiger charge is 2.55. The zero-order chi connectivity index (χ0) is 21.9. The second-order valence-corrected chi connectivity index (χ2v) is 8.88. The molecule has 1 aromatic heterocycles. The Morgan fingerprint density at radius 2 is 1.81 bits per heavy atom. The van der Waals surface area contributed by atoms with Gasteiger partial charge >= 0.3 is 0 Å². The lowest BCUT2D eigenvalue weighted by atomic mass is 9.80. The van der Waals surface area contributed by atoms with E-state index in [2.05, 4.69) is 4.98 Å². The van der Waals surface area contributed by atoms with Crippen molar-refractivity contribution in [2.45, 2.75) is 18.4 Å². The summed E-state index contributed by atoms with van der Waals surface area (Å²) < 4.78 is 14.5. The van der Waals surface area contributed by atoms with Gasteiger partial charge in [-0.05, 0) is 59.9 Å². The van der Waals surface area contributed by atoms with Crippen LogP contribution < -0.4 is 5.73 Å². The van der Waals surface area contributed by atoms with Gasteiger partial charge in [0.15, 0.2) is 11.5 Å². The van der Waals surface area contributed by atoms with Crippen LogP contribution in [-0.4, -0.2) is 39.9 Å². The number of hydrogen-bond acceptors (Lipinski definition) is 6. The van der Waals surface area contributed by atoms with Crippen molar-refractivity contribution < 1.29 is 9.50 Å². The van der Waals surface area contributed by atoms with Crippen molar-refractivity contribution in [3.05, 3.63) is 83.9 Å². The van der Waals surface area contributed by atoms with Gasteiger partial charge in [-0.15, -0.1) is 0 Å². The predicted molar refractivity (Wildman–Crippen MR) is 121 cm³/mol. The summed E-state index contributed by atoms with van der Waals surface area (Å²) in [5.41, 5.74) is 8.50. The number of benzene rings is 2. The Morgan fingerprint density at radius 3 is 2.56 bits per heavy atom. The third kappa shape index (κ3) is 2.74. The van der Waals surface area contributed by atoms with Gasteiger partial charge in [-0.1, -0.05) is 30.3 Å². The fraction of sp³-hybridized carbons (Fsp3) is 0.240. The van der Waals surface area contributed by atoms with Gasteiger partial charge in [0.2, 0.25) is 5.95 Å². The second kappa shape index (κ2) is 6.63. The van der Waals surface area contributed by atoms with Gasteiger partial charge < -0.3 is 10.8 Å². The molecule has 2 aromatic carbocycles. The van der Waals surface area contributed by atoms with Gasteiger partial charge in [-0.25, -0.2) is 9.98 Å². The largest absolute Gasteiger partial charge is 0.508 e. The smallest absolute Gasteiger partial charge is 0.220 e. The zero-order valence-corrected chi connectivity index (χ0v) is 17.4. The van der Waals surface area contributed by atoms with Crippen molar-refractivity contribution in [1.29, 1.82) is 0 Å². The molecule has 1 aliphatic carbocycles. The van der Waals surface area contributed by atoms with Crippen LogP contribution in [-0.2, 0) is 5.54 Å². The number of aromatic hydroxyl groups is 1. The van der Waals surface area contributed by atoms with Gasteiger partial charge in [0.25, 0.3) is 0 Å². The highest BCUT2D eigenvalue weighted by atomic mass is 19.1. The molecular formula is C25H22FN5O. The molecule has 0 radical (unpaired) electrons. The maximum Gasteiger partial charge on any atom is 0.220 e. The quantitative estimate of drug-likeness (QED) is 0.625. The Hall–Kier alpha value is -3.74. The summed E-state index contributed by atoms with van der Waals surface area (Å²) >= 11 is 0. The Balaban J connectivity index is 1.57. The molecular weight excluding hydrogens is 405 g/mol. The number of guanidine groups is 1. The van der Waals surface area contributed by atoms with Crippen LogP contribution in [0.1, 0.15) is 24.0 Å². The van der Waals surface area contributed by atoms with Crippen LogP contribution in [0.4, 0.5) is 4.39 Å². The number of aromatic nitrogens is 1. The van der Waals surface area contributed by atoms with Crippen molar-refractivity contribution >= 4 is 11.8 Å². The van der Waals surface area contributed by atoms with Gasteiger partial charge in [0.1, 0.15) is 11.6 Å². The van der Waals surface area contributed by atoms with Gasteiger partial charge in [0, 0.05) is 30.3 Å². The summed E-state index contributed by atoms with van der Waals surface area (Å²) in [6.45, 7) is 1.55. The second-order valence-electron chi connectivity index (χ2n) is 8.88. The molecule has 6 nitrogen and oxygen atoms in total. The van der Waals surface area contributed by atoms with E-state index in [9.17, 15) is 9.50 Å². The first-order valence-corrected chi connectivity index (χ1v) is 10.7. The average molecular weight is 427 g/mol. The first-order valence-electron chi connectivity index (χ1n) is 10.7. The average Bonchev–Trinajstić information content (AvgIpc) is 3.49. The molecule has 1 atom stereocenters. The third-order valence-corrected chi connectivity index (χ3v) is 6.79. The molecule has 32 heavy (non-hydrogen) atoms. The number of phenols is 1. The molecule has 0 saturated heterocycles. The number of phenolic OH excluding ortho intramolecular Hbond substituents is 1. The first kappa shape index (κ1) is 19.0. The van der Waals surface area contributed by atoms with Gasteiger partial charge in [0.05, 0.1) is 0 Å². The normalized spacial score (nSPS) is 23.0. The molecule has 1 unspecified atom stereocenters. The van der Waals surface area contributed by atoms with E-state index in [1.165, 1.54) is 6.20 Å². The maximum absolute atomic E-state index is 14.5. The standard InChI is InChI=1S/C25H22FN5O/c26-21-20(5-2-12-28-21)16-3-1-4-18(13-16)25(17-6-8-19(32)9-7-17)22-29-14-24(10-11-24)15-31(22)23(27)30-25/h1-9,12-13,32H,10-11,14-15H2,(H2,27,30). The Bertz CT molecular complexity index is 1280. The molecule has 3 aliphatic rings. The number of amidine groups is 1. The van der Waals surface area contributed by atoms with Crippen molar-refractivity contribution in [1.82, 2.24) is 9.88 Å². The number of nitrogens with two attached hydrogens (primary N) is 1. The van der Waals surface area contributed by atoms with E-state index in [1.807, 2.05) is 41.3 Å². The number of pyridine rings is 1. The number of rotatable bonds is 3. The molecule has 0 amide bonds. The van der Waals surface area contributed by atoms with Crippen LogP contribution in [0.25, 0.3) is 11.1 Å². The van der Waals surface area contributed by atoms with Crippen molar-refractivity contribution in [2.24, 2.45) is 21.1 Å². The zero-order valence-electron chi connectivity index (χ0n) is 17.4. The van der Waals surface area contributed by atoms with E-state index < -0.39 is 11.5 Å². The lowest BCUT2D eigenvalue weighted by molar-refractivity contribution is 0.386. The van der Waals surface area contributed by atoms with E-state index in [4.69, 9.17) is 15.7 Å². The van der Waals surface area contributed by atoms with Crippen LogP contribution in [0.5, 0.6) is 5.75 Å². The SMILES string of the molecule is NC1=NC(c2ccc(O)cc2)(c2cccc(-c3cccnc3F)c2)C2=NCC3(CC3)CN12. The molecule has 6 rings (SSSR count).